The van der Waals surface area contributed by atoms with Gasteiger partial charge in [-0.1, -0.05) is 6.42 Å². The zero-order chi connectivity index (χ0) is 10.4. The van der Waals surface area contributed by atoms with Crippen molar-refractivity contribution in [1.29, 1.82) is 0 Å². The van der Waals surface area contributed by atoms with Gasteiger partial charge in [0.2, 0.25) is 5.91 Å². The van der Waals surface area contributed by atoms with Crippen LogP contribution in [0.5, 0.6) is 0 Å². The van der Waals surface area contributed by atoms with Crippen molar-refractivity contribution in [2.45, 2.75) is 39.0 Å². The van der Waals surface area contributed by atoms with E-state index in [0.29, 0.717) is 12.8 Å². The summed E-state index contributed by atoms with van der Waals surface area (Å²) < 4.78 is 0. The normalized spacial score (nSPS) is 16.4. The Labute approximate surface area is 86.1 Å². The van der Waals surface area contributed by atoms with Gasteiger partial charge in [-0.3, -0.25) is 4.79 Å². The van der Waals surface area contributed by atoms with Crippen molar-refractivity contribution in [1.82, 2.24) is 4.90 Å². The van der Waals surface area contributed by atoms with Gasteiger partial charge in [0.15, 0.2) is 0 Å². The summed E-state index contributed by atoms with van der Waals surface area (Å²) in [5.74, 6) is 0.946. The first-order chi connectivity index (χ1) is 6.77. The molecular weight excluding hydrogens is 178 g/mol. The molecule has 0 spiro atoms. The van der Waals surface area contributed by atoms with E-state index in [0.717, 1.165) is 19.0 Å². The Morgan fingerprint density at radius 2 is 2.21 bits per heavy atom. The van der Waals surface area contributed by atoms with Gasteiger partial charge in [0, 0.05) is 26.1 Å². The highest BCUT2D eigenvalue weighted by Gasteiger charge is 2.22. The van der Waals surface area contributed by atoms with Crippen molar-refractivity contribution in [3.63, 3.8) is 0 Å². The Balaban J connectivity index is 2.24. The first-order valence-corrected chi connectivity index (χ1v) is 5.66. The first-order valence-electron chi connectivity index (χ1n) is 5.66. The third kappa shape index (κ3) is 3.29. The van der Waals surface area contributed by atoms with Crippen LogP contribution < -0.4 is 0 Å². The molecule has 1 amide bonds. The van der Waals surface area contributed by atoms with E-state index in [1.165, 1.54) is 19.3 Å². The van der Waals surface area contributed by atoms with Crippen LogP contribution in [0.15, 0.2) is 0 Å². The standard InChI is InChI=1S/C11H21NO2/c1-2-12(9-10-5-3-6-10)11(14)7-4-8-13/h10,13H,2-9H2,1H3. The molecule has 1 N–H and O–H groups in total. The second-order valence-electron chi connectivity index (χ2n) is 4.06. The van der Waals surface area contributed by atoms with Crippen molar-refractivity contribution < 1.29 is 9.90 Å². The van der Waals surface area contributed by atoms with Crippen LogP contribution in [-0.2, 0) is 4.79 Å². The van der Waals surface area contributed by atoms with E-state index in [4.69, 9.17) is 5.11 Å². The molecule has 1 saturated carbocycles. The number of hydrogen-bond acceptors (Lipinski definition) is 2. The van der Waals surface area contributed by atoms with E-state index in [2.05, 4.69) is 0 Å². The summed E-state index contributed by atoms with van der Waals surface area (Å²) in [5.41, 5.74) is 0. The van der Waals surface area contributed by atoms with E-state index < -0.39 is 0 Å². The molecule has 0 aromatic heterocycles. The van der Waals surface area contributed by atoms with Gasteiger partial charge in [0.1, 0.15) is 0 Å². The molecule has 1 rings (SSSR count). The molecule has 1 aliphatic carbocycles. The minimum absolute atomic E-state index is 0.118. The van der Waals surface area contributed by atoms with Crippen LogP contribution in [0.4, 0.5) is 0 Å². The maximum Gasteiger partial charge on any atom is 0.222 e. The molecule has 14 heavy (non-hydrogen) atoms. The molecule has 0 aromatic rings. The maximum atomic E-state index is 11.6. The smallest absolute Gasteiger partial charge is 0.222 e. The van der Waals surface area contributed by atoms with Crippen LogP contribution in [-0.4, -0.2) is 35.6 Å². The van der Waals surface area contributed by atoms with Gasteiger partial charge in [0.25, 0.3) is 0 Å². The fraction of sp³-hybridized carbons (Fsp3) is 0.909. The summed E-state index contributed by atoms with van der Waals surface area (Å²) in [6, 6.07) is 0. The highest BCUT2D eigenvalue weighted by Crippen LogP contribution is 2.27. The molecule has 0 aliphatic heterocycles. The van der Waals surface area contributed by atoms with Gasteiger partial charge in [0.05, 0.1) is 0 Å². The van der Waals surface area contributed by atoms with Crippen LogP contribution >= 0.6 is 0 Å². The lowest BCUT2D eigenvalue weighted by Crippen LogP contribution is -2.37. The molecule has 82 valence electrons. The van der Waals surface area contributed by atoms with Crippen molar-refractivity contribution >= 4 is 5.91 Å². The summed E-state index contributed by atoms with van der Waals surface area (Å²) in [6.45, 7) is 3.88. The number of rotatable bonds is 6. The molecule has 3 heteroatoms. The Bertz CT molecular complexity index is 178. The van der Waals surface area contributed by atoms with Crippen molar-refractivity contribution in [2.75, 3.05) is 19.7 Å². The minimum atomic E-state index is 0.118. The molecule has 0 aromatic carbocycles. The minimum Gasteiger partial charge on any atom is -0.396 e. The lowest BCUT2D eigenvalue weighted by atomic mass is 9.85. The monoisotopic (exact) mass is 199 g/mol. The van der Waals surface area contributed by atoms with Crippen LogP contribution in [0.2, 0.25) is 0 Å². The largest absolute Gasteiger partial charge is 0.396 e. The highest BCUT2D eigenvalue weighted by molar-refractivity contribution is 5.76. The molecule has 0 bridgehead atoms. The van der Waals surface area contributed by atoms with E-state index >= 15 is 0 Å². The third-order valence-corrected chi connectivity index (χ3v) is 2.99. The molecule has 1 aliphatic rings. The van der Waals surface area contributed by atoms with Crippen LogP contribution in [0, 0.1) is 5.92 Å². The average molecular weight is 199 g/mol. The van der Waals surface area contributed by atoms with Gasteiger partial charge < -0.3 is 10.0 Å². The van der Waals surface area contributed by atoms with Crippen LogP contribution in [0.1, 0.15) is 39.0 Å². The average Bonchev–Trinajstić information content (AvgIpc) is 2.13. The fourth-order valence-electron chi connectivity index (χ4n) is 1.78. The van der Waals surface area contributed by atoms with Gasteiger partial charge in [-0.15, -0.1) is 0 Å². The first kappa shape index (κ1) is 11.5. The maximum absolute atomic E-state index is 11.6. The number of amides is 1. The number of aliphatic hydroxyl groups is 1. The second-order valence-corrected chi connectivity index (χ2v) is 4.06. The third-order valence-electron chi connectivity index (χ3n) is 2.99. The molecule has 0 atom stereocenters. The Hall–Kier alpha value is -0.570. The lowest BCUT2D eigenvalue weighted by molar-refractivity contribution is -0.132. The number of nitrogens with zero attached hydrogens (tertiary/aromatic N) is 1. The second kappa shape index (κ2) is 6.02. The number of hydrogen-bond donors (Lipinski definition) is 1. The Morgan fingerprint density at radius 1 is 1.50 bits per heavy atom. The van der Waals surface area contributed by atoms with Gasteiger partial charge >= 0.3 is 0 Å². The predicted octanol–water partition coefficient (Wildman–Crippen LogP) is 1.41. The number of carbonyl (C=O) groups excluding carboxylic acids is 1. The molecule has 0 heterocycles. The van der Waals surface area contributed by atoms with Crippen LogP contribution in [0.25, 0.3) is 0 Å². The Morgan fingerprint density at radius 3 is 2.64 bits per heavy atom. The SMILES string of the molecule is CCN(CC1CCC1)C(=O)CCCO. The predicted molar refractivity (Wildman–Crippen MR) is 55.9 cm³/mol. The fourth-order valence-corrected chi connectivity index (χ4v) is 1.78. The lowest BCUT2D eigenvalue weighted by Gasteiger charge is -2.31. The zero-order valence-corrected chi connectivity index (χ0v) is 9.04. The molecule has 0 radical (unpaired) electrons. The van der Waals surface area contributed by atoms with Gasteiger partial charge in [-0.05, 0) is 32.1 Å². The summed E-state index contributed by atoms with van der Waals surface area (Å²) in [4.78, 5) is 13.6. The molecular formula is C11H21NO2. The topological polar surface area (TPSA) is 40.5 Å². The Kier molecular flexibility index (Phi) is 4.94. The van der Waals surface area contributed by atoms with E-state index in [1.807, 2.05) is 11.8 Å². The molecule has 1 fully saturated rings. The summed E-state index contributed by atoms with van der Waals surface area (Å²) in [5, 5.41) is 8.64. The van der Waals surface area contributed by atoms with E-state index in [-0.39, 0.29) is 12.5 Å². The highest BCUT2D eigenvalue weighted by atomic mass is 16.3. The van der Waals surface area contributed by atoms with E-state index in [1.54, 1.807) is 0 Å². The van der Waals surface area contributed by atoms with Gasteiger partial charge in [-0.25, -0.2) is 0 Å². The summed E-state index contributed by atoms with van der Waals surface area (Å²) in [7, 11) is 0. The van der Waals surface area contributed by atoms with Crippen molar-refractivity contribution in [3.8, 4) is 0 Å². The van der Waals surface area contributed by atoms with E-state index in [9.17, 15) is 4.79 Å². The molecule has 0 saturated heterocycles. The number of carbonyl (C=O) groups is 1. The van der Waals surface area contributed by atoms with Crippen molar-refractivity contribution in [2.24, 2.45) is 5.92 Å². The van der Waals surface area contributed by atoms with Crippen molar-refractivity contribution in [3.05, 3.63) is 0 Å². The van der Waals surface area contributed by atoms with Gasteiger partial charge in [-0.2, -0.15) is 0 Å². The quantitative estimate of drug-likeness (QED) is 0.702. The molecule has 0 unspecified atom stereocenters. The summed E-state index contributed by atoms with van der Waals surface area (Å²) in [6.07, 6.45) is 4.98. The zero-order valence-electron chi connectivity index (χ0n) is 9.04. The summed E-state index contributed by atoms with van der Waals surface area (Å²) >= 11 is 0. The molecule has 3 nitrogen and oxygen atoms in total. The van der Waals surface area contributed by atoms with Crippen LogP contribution in [0.3, 0.4) is 0 Å². The number of aliphatic hydroxyl groups excluding tert-OH is 1.